The predicted molar refractivity (Wildman–Crippen MR) is 51.3 cm³/mol. The Bertz CT molecular complexity index is 420. The number of carbonyl (C=O) groups is 1. The van der Waals surface area contributed by atoms with E-state index in [2.05, 4.69) is 14.5 Å². The van der Waals surface area contributed by atoms with Crippen LogP contribution in [0.5, 0.6) is 5.75 Å². The summed E-state index contributed by atoms with van der Waals surface area (Å²) in [6, 6.07) is 0.854. The summed E-state index contributed by atoms with van der Waals surface area (Å²) in [5, 5.41) is 0. The molecule has 0 aliphatic rings. The summed E-state index contributed by atoms with van der Waals surface area (Å²) >= 11 is 0. The zero-order chi connectivity index (χ0) is 13.1. The summed E-state index contributed by atoms with van der Waals surface area (Å²) in [5.74, 6) is -1.40. The molecule has 0 bridgehead atoms. The average molecular weight is 250 g/mol. The van der Waals surface area contributed by atoms with Crippen LogP contribution in [0, 0.1) is 0 Å². The van der Waals surface area contributed by atoms with Crippen LogP contribution >= 0.6 is 0 Å². The summed E-state index contributed by atoms with van der Waals surface area (Å²) in [4.78, 5) is 14.7. The standard InChI is InChI=1S/C9H9F3N2O3/c1-2-16-8(15)7-6(13)3-5(4-14-7)17-9(10,11)12/h3-4H,2,13H2,1H3. The first-order chi connectivity index (χ1) is 7.83. The smallest absolute Gasteiger partial charge is 0.461 e. The maximum absolute atomic E-state index is 11.9. The quantitative estimate of drug-likeness (QED) is 0.827. The van der Waals surface area contributed by atoms with Crippen molar-refractivity contribution < 1.29 is 27.4 Å². The van der Waals surface area contributed by atoms with Gasteiger partial charge in [-0.2, -0.15) is 0 Å². The minimum Gasteiger partial charge on any atom is -0.461 e. The number of hydrogen-bond acceptors (Lipinski definition) is 5. The molecule has 1 aromatic heterocycles. The van der Waals surface area contributed by atoms with Gasteiger partial charge in [-0.25, -0.2) is 9.78 Å². The van der Waals surface area contributed by atoms with Crippen LogP contribution in [0.25, 0.3) is 0 Å². The number of anilines is 1. The second-order valence-corrected chi connectivity index (χ2v) is 2.88. The molecule has 0 radical (unpaired) electrons. The van der Waals surface area contributed by atoms with Gasteiger partial charge in [0.2, 0.25) is 0 Å². The Hall–Kier alpha value is -1.99. The van der Waals surface area contributed by atoms with Gasteiger partial charge in [-0.1, -0.05) is 0 Å². The lowest BCUT2D eigenvalue weighted by Gasteiger charge is -2.10. The minimum absolute atomic E-state index is 0.112. The molecule has 0 aliphatic carbocycles. The Kier molecular flexibility index (Phi) is 3.77. The molecule has 0 saturated carbocycles. The van der Waals surface area contributed by atoms with Gasteiger partial charge in [0.05, 0.1) is 18.5 Å². The van der Waals surface area contributed by atoms with Crippen molar-refractivity contribution in [2.45, 2.75) is 13.3 Å². The number of hydrogen-bond donors (Lipinski definition) is 1. The van der Waals surface area contributed by atoms with E-state index in [1.807, 2.05) is 0 Å². The summed E-state index contributed by atoms with van der Waals surface area (Å²) < 4.78 is 43.8. The SMILES string of the molecule is CCOC(=O)c1ncc(OC(F)(F)F)cc1N. The van der Waals surface area contributed by atoms with Gasteiger partial charge in [0.15, 0.2) is 5.69 Å². The molecule has 0 amide bonds. The first-order valence-corrected chi connectivity index (χ1v) is 4.52. The van der Waals surface area contributed by atoms with Crippen molar-refractivity contribution >= 4 is 11.7 Å². The van der Waals surface area contributed by atoms with Gasteiger partial charge in [0.1, 0.15) is 5.75 Å². The molecule has 0 fully saturated rings. The second-order valence-electron chi connectivity index (χ2n) is 2.88. The van der Waals surface area contributed by atoms with E-state index >= 15 is 0 Å². The molecule has 1 aromatic rings. The third kappa shape index (κ3) is 3.82. The molecule has 0 aromatic carbocycles. The van der Waals surface area contributed by atoms with Gasteiger partial charge in [-0.05, 0) is 6.92 Å². The molecular formula is C9H9F3N2O3. The fraction of sp³-hybridized carbons (Fsp3) is 0.333. The maximum atomic E-state index is 11.9. The number of nitrogen functional groups attached to an aromatic ring is 1. The third-order valence-corrected chi connectivity index (χ3v) is 1.59. The lowest BCUT2D eigenvalue weighted by atomic mass is 10.3. The molecule has 0 spiro atoms. The van der Waals surface area contributed by atoms with Crippen LogP contribution in [0.15, 0.2) is 12.3 Å². The fourth-order valence-electron chi connectivity index (χ4n) is 1.02. The number of rotatable bonds is 3. The van der Waals surface area contributed by atoms with Gasteiger partial charge >= 0.3 is 12.3 Å². The van der Waals surface area contributed by atoms with Crippen LogP contribution < -0.4 is 10.5 Å². The Balaban J connectivity index is 2.90. The van der Waals surface area contributed by atoms with E-state index in [1.165, 1.54) is 0 Å². The number of nitrogens with zero attached hydrogens (tertiary/aromatic N) is 1. The highest BCUT2D eigenvalue weighted by Crippen LogP contribution is 2.24. The highest BCUT2D eigenvalue weighted by molar-refractivity contribution is 5.92. The van der Waals surface area contributed by atoms with E-state index < -0.39 is 18.1 Å². The number of carbonyl (C=O) groups excluding carboxylic acids is 1. The number of aromatic nitrogens is 1. The van der Waals surface area contributed by atoms with Crippen molar-refractivity contribution in [3.8, 4) is 5.75 Å². The molecule has 0 atom stereocenters. The third-order valence-electron chi connectivity index (χ3n) is 1.59. The van der Waals surface area contributed by atoms with Crippen molar-refractivity contribution in [1.29, 1.82) is 0 Å². The van der Waals surface area contributed by atoms with Gasteiger partial charge in [0, 0.05) is 6.07 Å². The number of ether oxygens (including phenoxy) is 2. The maximum Gasteiger partial charge on any atom is 0.573 e. The van der Waals surface area contributed by atoms with Gasteiger partial charge in [-0.3, -0.25) is 0 Å². The molecule has 8 heteroatoms. The number of halogens is 3. The molecule has 0 saturated heterocycles. The number of nitrogens with two attached hydrogens (primary N) is 1. The Labute approximate surface area is 94.3 Å². The molecule has 5 nitrogen and oxygen atoms in total. The number of esters is 1. The van der Waals surface area contributed by atoms with Crippen molar-refractivity contribution in [2.75, 3.05) is 12.3 Å². The van der Waals surface area contributed by atoms with Crippen molar-refractivity contribution in [3.63, 3.8) is 0 Å². The molecule has 1 rings (SSSR count). The van der Waals surface area contributed by atoms with Crippen LogP contribution in [-0.4, -0.2) is 23.9 Å². The van der Waals surface area contributed by atoms with Gasteiger partial charge in [0.25, 0.3) is 0 Å². The molecule has 2 N–H and O–H groups in total. The van der Waals surface area contributed by atoms with Crippen LogP contribution in [0.3, 0.4) is 0 Å². The molecule has 0 aliphatic heterocycles. The summed E-state index contributed by atoms with van der Waals surface area (Å²) in [6.07, 6.45) is -4.09. The Morgan fingerprint density at radius 3 is 2.65 bits per heavy atom. The normalized spacial score (nSPS) is 11.1. The Morgan fingerprint density at radius 2 is 2.18 bits per heavy atom. The molecule has 1 heterocycles. The van der Waals surface area contributed by atoms with E-state index in [1.54, 1.807) is 6.92 Å². The zero-order valence-corrected chi connectivity index (χ0v) is 8.75. The monoisotopic (exact) mass is 250 g/mol. The molecular weight excluding hydrogens is 241 g/mol. The number of pyridine rings is 1. The first kappa shape index (κ1) is 13.1. The molecule has 0 unspecified atom stereocenters. The molecule has 17 heavy (non-hydrogen) atoms. The average Bonchev–Trinajstić information content (AvgIpc) is 2.15. The van der Waals surface area contributed by atoms with Crippen LogP contribution in [0.1, 0.15) is 17.4 Å². The van der Waals surface area contributed by atoms with Gasteiger partial charge < -0.3 is 15.2 Å². The lowest BCUT2D eigenvalue weighted by molar-refractivity contribution is -0.274. The van der Waals surface area contributed by atoms with Crippen LogP contribution in [0.2, 0.25) is 0 Å². The van der Waals surface area contributed by atoms with E-state index in [9.17, 15) is 18.0 Å². The zero-order valence-electron chi connectivity index (χ0n) is 8.75. The van der Waals surface area contributed by atoms with E-state index in [4.69, 9.17) is 5.73 Å². The largest absolute Gasteiger partial charge is 0.573 e. The van der Waals surface area contributed by atoms with Crippen molar-refractivity contribution in [1.82, 2.24) is 4.98 Å². The van der Waals surface area contributed by atoms with E-state index in [0.29, 0.717) is 0 Å². The van der Waals surface area contributed by atoms with Gasteiger partial charge in [-0.15, -0.1) is 13.2 Å². The predicted octanol–water partition coefficient (Wildman–Crippen LogP) is 1.74. The van der Waals surface area contributed by atoms with E-state index in [0.717, 1.165) is 12.3 Å². The first-order valence-electron chi connectivity index (χ1n) is 4.52. The summed E-state index contributed by atoms with van der Waals surface area (Å²) in [6.45, 7) is 1.69. The topological polar surface area (TPSA) is 74.4 Å². The highest BCUT2D eigenvalue weighted by atomic mass is 19.4. The van der Waals surface area contributed by atoms with Crippen molar-refractivity contribution in [2.24, 2.45) is 0 Å². The molecule has 94 valence electrons. The fourth-order valence-corrected chi connectivity index (χ4v) is 1.02. The summed E-state index contributed by atoms with van der Waals surface area (Å²) in [5.41, 5.74) is 4.87. The lowest BCUT2D eigenvalue weighted by Crippen LogP contribution is -2.18. The van der Waals surface area contributed by atoms with Crippen LogP contribution in [-0.2, 0) is 4.74 Å². The van der Waals surface area contributed by atoms with E-state index in [-0.39, 0.29) is 18.0 Å². The van der Waals surface area contributed by atoms with Crippen molar-refractivity contribution in [3.05, 3.63) is 18.0 Å². The summed E-state index contributed by atoms with van der Waals surface area (Å²) in [7, 11) is 0. The number of alkyl halides is 3. The minimum atomic E-state index is -4.83. The highest BCUT2D eigenvalue weighted by Gasteiger charge is 2.31. The van der Waals surface area contributed by atoms with Crippen LogP contribution in [0.4, 0.5) is 18.9 Å². The Morgan fingerprint density at radius 1 is 1.53 bits per heavy atom. The second kappa shape index (κ2) is 4.89.